The van der Waals surface area contributed by atoms with E-state index in [2.05, 4.69) is 80.4 Å². The molecule has 2 nitrogen and oxygen atoms in total. The van der Waals surface area contributed by atoms with Crippen LogP contribution in [0.25, 0.3) is 0 Å². The molecule has 1 aromatic rings. The smallest absolute Gasteiger partial charge is 0.0560 e. The molecule has 21 heavy (non-hydrogen) atoms. The number of nitrogens with zero attached hydrogens (tertiary/aromatic N) is 1. The molecule has 0 spiro atoms. The van der Waals surface area contributed by atoms with E-state index in [0.29, 0.717) is 6.04 Å². The monoisotopic (exact) mass is 286 g/mol. The van der Waals surface area contributed by atoms with Crippen LogP contribution in [0.4, 0.5) is 0 Å². The Balaban J connectivity index is 2.19. The van der Waals surface area contributed by atoms with Gasteiger partial charge in [0.05, 0.1) is 5.54 Å². The summed E-state index contributed by atoms with van der Waals surface area (Å²) >= 11 is 0. The summed E-state index contributed by atoms with van der Waals surface area (Å²) < 4.78 is 0. The number of rotatable bonds is 5. The van der Waals surface area contributed by atoms with Crippen LogP contribution in [0, 0.1) is 5.92 Å². The molecule has 2 heteroatoms. The Morgan fingerprint density at radius 3 is 2.67 bits per heavy atom. The SMILES string of the molecule is C/C=C/CN1CC(CC(C)C)NCC1(C)c1ccccc1. The predicted octanol–water partition coefficient (Wildman–Crippen LogP) is 3.80. The fraction of sp³-hybridized carbons (Fsp3) is 0.579. The minimum absolute atomic E-state index is 0.0776. The van der Waals surface area contributed by atoms with Gasteiger partial charge in [-0.1, -0.05) is 56.3 Å². The maximum atomic E-state index is 3.78. The highest BCUT2D eigenvalue weighted by Crippen LogP contribution is 2.31. The van der Waals surface area contributed by atoms with Crippen molar-refractivity contribution in [2.45, 2.75) is 45.7 Å². The zero-order valence-electron chi connectivity index (χ0n) is 14.0. The van der Waals surface area contributed by atoms with Crippen LogP contribution in [-0.2, 0) is 5.54 Å². The zero-order chi connectivity index (χ0) is 15.3. The molecule has 116 valence electrons. The van der Waals surface area contributed by atoms with Crippen LogP contribution in [0.1, 0.15) is 39.7 Å². The van der Waals surface area contributed by atoms with Gasteiger partial charge in [0.1, 0.15) is 0 Å². The molecular formula is C19H30N2. The molecule has 1 aliphatic rings. The number of nitrogens with one attached hydrogen (secondary N) is 1. The summed E-state index contributed by atoms with van der Waals surface area (Å²) in [5.41, 5.74) is 1.49. The van der Waals surface area contributed by atoms with Crippen molar-refractivity contribution in [3.05, 3.63) is 48.0 Å². The summed E-state index contributed by atoms with van der Waals surface area (Å²) in [7, 11) is 0. The molecule has 2 unspecified atom stereocenters. The Bertz CT molecular complexity index is 452. The summed E-state index contributed by atoms with van der Waals surface area (Å²) in [6, 6.07) is 11.5. The van der Waals surface area contributed by atoms with E-state index in [0.717, 1.165) is 25.6 Å². The third kappa shape index (κ3) is 3.96. The number of hydrogen-bond acceptors (Lipinski definition) is 2. The average molecular weight is 286 g/mol. The summed E-state index contributed by atoms with van der Waals surface area (Å²) in [6.07, 6.45) is 5.68. The van der Waals surface area contributed by atoms with E-state index in [1.807, 2.05) is 0 Å². The summed E-state index contributed by atoms with van der Waals surface area (Å²) in [6.45, 7) is 12.3. The van der Waals surface area contributed by atoms with E-state index in [1.165, 1.54) is 12.0 Å². The molecule has 0 aliphatic carbocycles. The molecular weight excluding hydrogens is 256 g/mol. The molecule has 1 aliphatic heterocycles. The maximum absolute atomic E-state index is 3.78. The van der Waals surface area contributed by atoms with E-state index in [9.17, 15) is 0 Å². The van der Waals surface area contributed by atoms with Gasteiger partial charge in [0.15, 0.2) is 0 Å². The topological polar surface area (TPSA) is 15.3 Å². The molecule has 0 radical (unpaired) electrons. The molecule has 0 aromatic heterocycles. The average Bonchev–Trinajstić information content (AvgIpc) is 2.48. The van der Waals surface area contributed by atoms with E-state index >= 15 is 0 Å². The molecule has 0 amide bonds. The first-order valence-corrected chi connectivity index (χ1v) is 8.21. The van der Waals surface area contributed by atoms with Crippen LogP contribution < -0.4 is 5.32 Å². The first-order chi connectivity index (χ1) is 10.1. The van der Waals surface area contributed by atoms with Gasteiger partial charge in [-0.15, -0.1) is 0 Å². The number of hydrogen-bond donors (Lipinski definition) is 1. The van der Waals surface area contributed by atoms with Gasteiger partial charge in [0.25, 0.3) is 0 Å². The summed E-state index contributed by atoms with van der Waals surface area (Å²) in [5, 5.41) is 3.78. The molecule has 1 saturated heterocycles. The van der Waals surface area contributed by atoms with Gasteiger partial charge < -0.3 is 5.32 Å². The molecule has 1 heterocycles. The lowest BCUT2D eigenvalue weighted by Gasteiger charge is -2.48. The fourth-order valence-electron chi connectivity index (χ4n) is 3.30. The number of benzene rings is 1. The predicted molar refractivity (Wildman–Crippen MR) is 91.4 cm³/mol. The molecule has 0 bridgehead atoms. The first-order valence-electron chi connectivity index (χ1n) is 8.21. The van der Waals surface area contributed by atoms with Crippen LogP contribution in [0.3, 0.4) is 0 Å². The normalized spacial score (nSPS) is 27.6. The number of allylic oxidation sites excluding steroid dienone is 1. The molecule has 1 fully saturated rings. The zero-order valence-corrected chi connectivity index (χ0v) is 14.0. The lowest BCUT2D eigenvalue weighted by molar-refractivity contribution is 0.0563. The van der Waals surface area contributed by atoms with Gasteiger partial charge in [-0.05, 0) is 31.7 Å². The van der Waals surface area contributed by atoms with E-state index in [-0.39, 0.29) is 5.54 Å². The highest BCUT2D eigenvalue weighted by Gasteiger charge is 2.38. The maximum Gasteiger partial charge on any atom is 0.0560 e. The molecule has 1 N–H and O–H groups in total. The molecule has 2 rings (SSSR count). The van der Waals surface area contributed by atoms with Crippen LogP contribution in [0.5, 0.6) is 0 Å². The van der Waals surface area contributed by atoms with Gasteiger partial charge in [0.2, 0.25) is 0 Å². The minimum Gasteiger partial charge on any atom is -0.311 e. The Morgan fingerprint density at radius 2 is 2.05 bits per heavy atom. The summed E-state index contributed by atoms with van der Waals surface area (Å²) in [5.74, 6) is 0.743. The highest BCUT2D eigenvalue weighted by atomic mass is 15.3. The Labute approximate surface area is 130 Å². The summed E-state index contributed by atoms with van der Waals surface area (Å²) in [4.78, 5) is 2.63. The lowest BCUT2D eigenvalue weighted by Crippen LogP contribution is -2.61. The second-order valence-electron chi connectivity index (χ2n) is 6.82. The van der Waals surface area contributed by atoms with Crippen LogP contribution in [0.2, 0.25) is 0 Å². The Kier molecular flexibility index (Phi) is 5.60. The molecule has 0 saturated carbocycles. The van der Waals surface area contributed by atoms with Gasteiger partial charge in [-0.25, -0.2) is 0 Å². The second kappa shape index (κ2) is 7.24. The molecule has 1 aromatic carbocycles. The number of piperazine rings is 1. The van der Waals surface area contributed by atoms with Crippen molar-refractivity contribution in [1.82, 2.24) is 10.2 Å². The Hall–Kier alpha value is -1.12. The lowest BCUT2D eigenvalue weighted by atomic mass is 9.85. The van der Waals surface area contributed by atoms with E-state index in [1.54, 1.807) is 0 Å². The van der Waals surface area contributed by atoms with Crippen molar-refractivity contribution in [3.63, 3.8) is 0 Å². The van der Waals surface area contributed by atoms with Crippen LogP contribution in [-0.4, -0.2) is 30.6 Å². The van der Waals surface area contributed by atoms with Crippen LogP contribution >= 0.6 is 0 Å². The first kappa shape index (κ1) is 16.3. The minimum atomic E-state index is 0.0776. The Morgan fingerprint density at radius 1 is 1.33 bits per heavy atom. The van der Waals surface area contributed by atoms with Crippen molar-refractivity contribution in [2.24, 2.45) is 5.92 Å². The standard InChI is InChI=1S/C19H30N2/c1-5-6-12-21-14-18(13-16(2)3)20-15-19(21,4)17-10-8-7-9-11-17/h5-11,16,18,20H,12-15H2,1-4H3/b6-5+. The van der Waals surface area contributed by atoms with E-state index in [4.69, 9.17) is 0 Å². The third-order valence-electron chi connectivity index (χ3n) is 4.59. The third-order valence-corrected chi connectivity index (χ3v) is 4.59. The van der Waals surface area contributed by atoms with E-state index < -0.39 is 0 Å². The fourth-order valence-corrected chi connectivity index (χ4v) is 3.30. The van der Waals surface area contributed by atoms with Crippen LogP contribution in [0.15, 0.2) is 42.5 Å². The van der Waals surface area contributed by atoms with Crippen molar-refractivity contribution in [2.75, 3.05) is 19.6 Å². The van der Waals surface area contributed by atoms with Gasteiger partial charge in [0, 0.05) is 25.7 Å². The van der Waals surface area contributed by atoms with Gasteiger partial charge >= 0.3 is 0 Å². The van der Waals surface area contributed by atoms with Crippen molar-refractivity contribution in [3.8, 4) is 0 Å². The molecule has 2 atom stereocenters. The second-order valence-corrected chi connectivity index (χ2v) is 6.82. The van der Waals surface area contributed by atoms with Crippen molar-refractivity contribution in [1.29, 1.82) is 0 Å². The van der Waals surface area contributed by atoms with Crippen molar-refractivity contribution < 1.29 is 0 Å². The quantitative estimate of drug-likeness (QED) is 0.828. The highest BCUT2D eigenvalue weighted by molar-refractivity contribution is 5.25. The van der Waals surface area contributed by atoms with Crippen molar-refractivity contribution >= 4 is 0 Å². The van der Waals surface area contributed by atoms with Gasteiger partial charge in [-0.2, -0.15) is 0 Å². The largest absolute Gasteiger partial charge is 0.311 e. The van der Waals surface area contributed by atoms with Gasteiger partial charge in [-0.3, -0.25) is 4.90 Å².